The quantitative estimate of drug-likeness (QED) is 0.765. The lowest BCUT2D eigenvalue weighted by molar-refractivity contribution is -0.134. The van der Waals surface area contributed by atoms with Crippen molar-refractivity contribution in [2.45, 2.75) is 51.2 Å². The fourth-order valence-corrected chi connectivity index (χ4v) is 2.86. The molecule has 2 heterocycles. The lowest BCUT2D eigenvalue weighted by Gasteiger charge is -2.36. The second kappa shape index (κ2) is 6.53. The van der Waals surface area contributed by atoms with Gasteiger partial charge in [0.25, 0.3) is 0 Å². The molecule has 2 saturated heterocycles. The number of carbonyl (C=O) groups is 1. The fraction of sp³-hybridized carbons (Fsp3) is 0.929. The molecule has 0 saturated carbocycles. The van der Waals surface area contributed by atoms with Crippen molar-refractivity contribution < 1.29 is 9.53 Å². The van der Waals surface area contributed by atoms with E-state index in [2.05, 4.69) is 11.9 Å². The first-order valence-corrected chi connectivity index (χ1v) is 7.30. The molecule has 2 fully saturated rings. The highest BCUT2D eigenvalue weighted by atomic mass is 16.5. The van der Waals surface area contributed by atoms with E-state index in [0.717, 1.165) is 51.9 Å². The summed E-state index contributed by atoms with van der Waals surface area (Å²) in [5.74, 6) is 0.285. The third kappa shape index (κ3) is 3.69. The van der Waals surface area contributed by atoms with Crippen LogP contribution in [0.3, 0.4) is 0 Å². The first kappa shape index (κ1) is 13.8. The molecule has 0 aromatic rings. The molecule has 2 aliphatic heterocycles. The number of nitrogens with zero attached hydrogens (tertiary/aromatic N) is 2. The molecule has 0 aliphatic carbocycles. The van der Waals surface area contributed by atoms with Crippen LogP contribution in [0.5, 0.6) is 0 Å². The Morgan fingerprint density at radius 3 is 2.06 bits per heavy atom. The molecule has 4 heteroatoms. The summed E-state index contributed by atoms with van der Waals surface area (Å²) in [6.45, 7) is 5.99. The number of rotatable bonds is 3. The van der Waals surface area contributed by atoms with Crippen molar-refractivity contribution in [3.8, 4) is 0 Å². The van der Waals surface area contributed by atoms with E-state index in [9.17, 15) is 4.79 Å². The lowest BCUT2D eigenvalue weighted by Crippen LogP contribution is -2.43. The third-order valence-corrected chi connectivity index (χ3v) is 4.15. The Labute approximate surface area is 110 Å². The predicted molar refractivity (Wildman–Crippen MR) is 71.5 cm³/mol. The molecule has 0 N–H and O–H groups in total. The predicted octanol–water partition coefficient (Wildman–Crippen LogP) is 1.50. The third-order valence-electron chi connectivity index (χ3n) is 4.15. The second-order valence-electron chi connectivity index (χ2n) is 5.57. The first-order chi connectivity index (χ1) is 8.69. The summed E-state index contributed by atoms with van der Waals surface area (Å²) in [4.78, 5) is 15.9. The molecule has 4 nitrogen and oxygen atoms in total. The van der Waals surface area contributed by atoms with Crippen LogP contribution in [-0.4, -0.2) is 61.1 Å². The molecular weight excluding hydrogens is 228 g/mol. The second-order valence-corrected chi connectivity index (χ2v) is 5.57. The zero-order chi connectivity index (χ0) is 13.0. The van der Waals surface area contributed by atoms with Gasteiger partial charge in [0, 0.05) is 32.6 Å². The average Bonchev–Trinajstić information content (AvgIpc) is 2.41. The Morgan fingerprint density at radius 2 is 1.56 bits per heavy atom. The summed E-state index contributed by atoms with van der Waals surface area (Å²) in [7, 11) is 2.17. The van der Waals surface area contributed by atoms with E-state index in [-0.39, 0.29) is 5.91 Å². The van der Waals surface area contributed by atoms with E-state index in [1.54, 1.807) is 0 Å². The molecule has 0 radical (unpaired) electrons. The van der Waals surface area contributed by atoms with Gasteiger partial charge in [-0.2, -0.15) is 0 Å². The van der Waals surface area contributed by atoms with Crippen LogP contribution in [-0.2, 0) is 9.53 Å². The molecule has 0 atom stereocenters. The van der Waals surface area contributed by atoms with Crippen molar-refractivity contribution in [3.63, 3.8) is 0 Å². The number of amides is 1. The molecule has 0 spiro atoms. The average molecular weight is 254 g/mol. The van der Waals surface area contributed by atoms with Crippen LogP contribution in [0.2, 0.25) is 0 Å². The maximum Gasteiger partial charge on any atom is 0.222 e. The molecule has 0 aromatic heterocycles. The van der Waals surface area contributed by atoms with E-state index in [1.807, 2.05) is 11.8 Å². The minimum atomic E-state index is 0.285. The van der Waals surface area contributed by atoms with Crippen LogP contribution >= 0.6 is 0 Å². The van der Waals surface area contributed by atoms with E-state index < -0.39 is 0 Å². The van der Waals surface area contributed by atoms with Gasteiger partial charge in [0.05, 0.1) is 12.2 Å². The number of carbonyl (C=O) groups excluding carboxylic acids is 1. The van der Waals surface area contributed by atoms with Crippen LogP contribution in [0, 0.1) is 0 Å². The van der Waals surface area contributed by atoms with Crippen molar-refractivity contribution in [2.24, 2.45) is 0 Å². The Morgan fingerprint density at radius 1 is 1.06 bits per heavy atom. The van der Waals surface area contributed by atoms with Gasteiger partial charge in [-0.05, 0) is 32.7 Å². The Kier molecular flexibility index (Phi) is 5.01. The van der Waals surface area contributed by atoms with Crippen LogP contribution in [0.1, 0.15) is 39.0 Å². The van der Waals surface area contributed by atoms with Gasteiger partial charge < -0.3 is 14.5 Å². The highest BCUT2D eigenvalue weighted by Gasteiger charge is 2.26. The minimum absolute atomic E-state index is 0.285. The van der Waals surface area contributed by atoms with Crippen LogP contribution in [0.25, 0.3) is 0 Å². The Hall–Kier alpha value is -0.610. The summed E-state index contributed by atoms with van der Waals surface area (Å²) in [5.41, 5.74) is 0. The molecule has 104 valence electrons. The van der Waals surface area contributed by atoms with Crippen molar-refractivity contribution in [2.75, 3.05) is 33.2 Å². The molecule has 18 heavy (non-hydrogen) atoms. The maximum absolute atomic E-state index is 11.6. The molecule has 2 rings (SSSR count). The smallest absolute Gasteiger partial charge is 0.222 e. The zero-order valence-electron chi connectivity index (χ0n) is 11.7. The first-order valence-electron chi connectivity index (χ1n) is 7.30. The molecule has 0 bridgehead atoms. The van der Waals surface area contributed by atoms with Crippen molar-refractivity contribution >= 4 is 5.91 Å². The SMILES string of the molecule is CCC(=O)N1CCC(OC2CCN(C)CC2)CC1. The van der Waals surface area contributed by atoms with E-state index in [4.69, 9.17) is 4.74 Å². The van der Waals surface area contributed by atoms with E-state index >= 15 is 0 Å². The van der Waals surface area contributed by atoms with Gasteiger partial charge >= 0.3 is 0 Å². The van der Waals surface area contributed by atoms with Gasteiger partial charge in [-0.1, -0.05) is 6.92 Å². The van der Waals surface area contributed by atoms with Gasteiger partial charge in [0.15, 0.2) is 0 Å². The minimum Gasteiger partial charge on any atom is -0.375 e. The maximum atomic E-state index is 11.6. The van der Waals surface area contributed by atoms with E-state index in [1.165, 1.54) is 0 Å². The van der Waals surface area contributed by atoms with E-state index in [0.29, 0.717) is 18.6 Å². The van der Waals surface area contributed by atoms with Crippen molar-refractivity contribution in [1.82, 2.24) is 9.80 Å². The summed E-state index contributed by atoms with van der Waals surface area (Å²) in [6.07, 6.45) is 5.78. The Bertz CT molecular complexity index is 267. The lowest BCUT2D eigenvalue weighted by atomic mass is 10.0. The molecular formula is C14H26N2O2. The van der Waals surface area contributed by atoms with Crippen LogP contribution in [0.15, 0.2) is 0 Å². The topological polar surface area (TPSA) is 32.8 Å². The van der Waals surface area contributed by atoms with Gasteiger partial charge in [0.1, 0.15) is 0 Å². The zero-order valence-corrected chi connectivity index (χ0v) is 11.7. The highest BCUT2D eigenvalue weighted by Crippen LogP contribution is 2.20. The number of likely N-dealkylation sites (tertiary alicyclic amines) is 2. The monoisotopic (exact) mass is 254 g/mol. The highest BCUT2D eigenvalue weighted by molar-refractivity contribution is 5.75. The van der Waals surface area contributed by atoms with Crippen LogP contribution < -0.4 is 0 Å². The Balaban J connectivity index is 1.69. The van der Waals surface area contributed by atoms with Gasteiger partial charge in [-0.25, -0.2) is 0 Å². The molecule has 0 aromatic carbocycles. The van der Waals surface area contributed by atoms with Gasteiger partial charge in [-0.15, -0.1) is 0 Å². The number of hydrogen-bond donors (Lipinski definition) is 0. The summed E-state index contributed by atoms with van der Waals surface area (Å²) < 4.78 is 6.18. The molecule has 0 unspecified atom stereocenters. The van der Waals surface area contributed by atoms with Gasteiger partial charge in [-0.3, -0.25) is 4.79 Å². The standard InChI is InChI=1S/C14H26N2O2/c1-3-14(17)16-10-6-13(7-11-16)18-12-4-8-15(2)9-5-12/h12-13H,3-11H2,1-2H3. The largest absolute Gasteiger partial charge is 0.375 e. The summed E-state index contributed by atoms with van der Waals surface area (Å²) in [5, 5.41) is 0. The van der Waals surface area contributed by atoms with Crippen LogP contribution in [0.4, 0.5) is 0 Å². The molecule has 2 aliphatic rings. The normalized spacial score (nSPS) is 24.4. The van der Waals surface area contributed by atoms with Gasteiger partial charge in [0.2, 0.25) is 5.91 Å². The fourth-order valence-electron chi connectivity index (χ4n) is 2.86. The summed E-state index contributed by atoms with van der Waals surface area (Å²) in [6, 6.07) is 0. The van der Waals surface area contributed by atoms with Crippen molar-refractivity contribution in [1.29, 1.82) is 0 Å². The van der Waals surface area contributed by atoms with Crippen molar-refractivity contribution in [3.05, 3.63) is 0 Å². The number of piperidine rings is 2. The summed E-state index contributed by atoms with van der Waals surface area (Å²) >= 11 is 0. The molecule has 1 amide bonds. The number of hydrogen-bond acceptors (Lipinski definition) is 3. The number of ether oxygens (including phenoxy) is 1.